The van der Waals surface area contributed by atoms with Crippen LogP contribution in [0, 0.1) is 0 Å². The van der Waals surface area contributed by atoms with Gasteiger partial charge in [-0.05, 0) is 207 Å². The first-order valence-electron chi connectivity index (χ1n) is 51.8. The number of aromatic nitrogens is 8. The maximum atomic E-state index is 5.06. The highest BCUT2D eigenvalue weighted by Crippen LogP contribution is 2.66. The molecule has 0 bridgehead atoms. The Balaban J connectivity index is 0.000000145. The zero-order valence-corrected chi connectivity index (χ0v) is 83.2. The fourth-order valence-electron chi connectivity index (χ4n) is 25.2. The van der Waals surface area contributed by atoms with Crippen molar-refractivity contribution in [2.24, 2.45) is 79.9 Å². The van der Waals surface area contributed by atoms with Crippen LogP contribution in [0.15, 0.2) is 275 Å². The molecule has 0 atom stereocenters. The van der Waals surface area contributed by atoms with E-state index < -0.39 is 10.8 Å². The third-order valence-electron chi connectivity index (χ3n) is 32.1. The van der Waals surface area contributed by atoms with Crippen LogP contribution < -0.4 is 85.7 Å². The van der Waals surface area contributed by atoms with Gasteiger partial charge in [-0.2, -0.15) is 0 Å². The van der Waals surface area contributed by atoms with Crippen molar-refractivity contribution in [3.05, 3.63) is 460 Å². The molecule has 24 nitrogen and oxygen atoms in total. The highest BCUT2D eigenvalue weighted by Gasteiger charge is 2.55. The molecule has 0 saturated heterocycles. The lowest BCUT2D eigenvalue weighted by atomic mass is 9.69. The molecule has 8 aromatic carbocycles. The van der Waals surface area contributed by atoms with Gasteiger partial charge in [-0.3, -0.25) is 120 Å². The van der Waals surface area contributed by atoms with Crippen molar-refractivity contribution < 1.29 is 0 Å². The minimum absolute atomic E-state index is 0.446. The first-order chi connectivity index (χ1) is 71.9. The van der Waals surface area contributed by atoms with Crippen LogP contribution in [0.5, 0.6) is 0 Å². The maximum absolute atomic E-state index is 5.06. The van der Waals surface area contributed by atoms with Crippen molar-refractivity contribution in [1.82, 2.24) is 39.9 Å². The zero-order valence-electron chi connectivity index (χ0n) is 83.2. The Hall–Kier alpha value is -16.2. The predicted octanol–water partition coefficient (Wildman–Crippen LogP) is 10.1. The van der Waals surface area contributed by atoms with Crippen molar-refractivity contribution in [2.75, 3.05) is 53.3 Å². The SMILES string of the molecule is CCc1cnc(Cc2ccc3c(c2)C2(c4cc(Cc5ncc(CC)c6c5=NCN=6)ccc4-3)c3cc(Cc4ncc(CC)c5c4=NCN=5)ccc3-c3ccc(Cc4ncc(CC)c5c4=NCN=5)cc32)c2c1=NCN=2.CCc1ncc(Cc2ccc3c(c2)C2(c4cc(Cc5cnc(CC)c6c5=NCN=6)ccc4-3)c3cc(Cc4cnc(CC)c5c4=NCN=5)ccc3-c3ccc(Cc4cnc(CC)c5c4=NCN=5)cc32)c2c1=NCN=2. The molecule has 16 aromatic rings. The van der Waals surface area contributed by atoms with Crippen LogP contribution in [0.3, 0.4) is 0 Å². The molecule has 146 heavy (non-hydrogen) atoms. The lowest BCUT2D eigenvalue weighted by Crippen LogP contribution is -2.32. The van der Waals surface area contributed by atoms with Crippen LogP contribution in [0.2, 0.25) is 0 Å². The van der Waals surface area contributed by atoms with Gasteiger partial charge in [-0.15, -0.1) is 0 Å². The number of benzene rings is 8. The lowest BCUT2D eigenvalue weighted by molar-refractivity contribution is 0.784. The minimum Gasteiger partial charge on any atom is -0.259 e. The highest BCUT2D eigenvalue weighted by molar-refractivity contribution is 5.98. The van der Waals surface area contributed by atoms with Gasteiger partial charge >= 0.3 is 0 Å². The number of rotatable bonds is 24. The van der Waals surface area contributed by atoms with Gasteiger partial charge in [0.25, 0.3) is 0 Å². The molecule has 0 unspecified atom stereocenters. The van der Waals surface area contributed by atoms with Crippen LogP contribution in [0.1, 0.15) is 234 Å². The molecule has 8 aliphatic heterocycles. The van der Waals surface area contributed by atoms with Crippen LogP contribution in [0.25, 0.3) is 44.5 Å². The minimum atomic E-state index is -0.696. The summed E-state index contributed by atoms with van der Waals surface area (Å²) in [5.41, 5.74) is 45.0. The van der Waals surface area contributed by atoms with Gasteiger partial charge in [-0.25, -0.2) is 0 Å². The van der Waals surface area contributed by atoms with Gasteiger partial charge < -0.3 is 0 Å². The largest absolute Gasteiger partial charge is 0.259 e. The zero-order chi connectivity index (χ0) is 97.9. The van der Waals surface area contributed by atoms with Gasteiger partial charge in [-0.1, -0.05) is 201 Å². The Labute approximate surface area is 841 Å². The molecule has 8 aromatic heterocycles. The smallest absolute Gasteiger partial charge is 0.131 e. The Morgan fingerprint density at radius 3 is 0.473 bits per heavy atom. The quantitative estimate of drug-likeness (QED) is 0.0559. The van der Waals surface area contributed by atoms with Crippen LogP contribution in [0.4, 0.5) is 0 Å². The van der Waals surface area contributed by atoms with E-state index in [1.165, 1.54) is 134 Å². The van der Waals surface area contributed by atoms with Crippen LogP contribution in [-0.2, 0) is 114 Å². The van der Waals surface area contributed by atoms with Crippen molar-refractivity contribution >= 4 is 0 Å². The van der Waals surface area contributed by atoms with E-state index in [9.17, 15) is 0 Å². The summed E-state index contributed by atoms with van der Waals surface area (Å²) in [6.07, 6.45) is 28.1. The Morgan fingerprint density at radius 2 is 0.301 bits per heavy atom. The average Bonchev–Trinajstić information content (AvgIpc) is 1.51. The summed E-state index contributed by atoms with van der Waals surface area (Å²) in [5.74, 6) is 0. The summed E-state index contributed by atoms with van der Waals surface area (Å²) < 4.78 is 0. The molecule has 2 spiro atoms. The lowest BCUT2D eigenvalue weighted by Gasteiger charge is -2.32. The highest BCUT2D eigenvalue weighted by atomic mass is 15.0. The number of pyridine rings is 8. The van der Waals surface area contributed by atoms with Crippen molar-refractivity contribution in [2.45, 2.75) is 169 Å². The molecular formula is C122H104N24. The Bertz CT molecular complexity index is 8030. The number of hydrogen-bond acceptors (Lipinski definition) is 24. The molecule has 16 heterocycles. The van der Waals surface area contributed by atoms with Gasteiger partial charge in [0.15, 0.2) is 0 Å². The number of nitrogens with zero attached hydrogens (tertiary/aromatic N) is 24. The summed E-state index contributed by atoms with van der Waals surface area (Å²) >= 11 is 0. The van der Waals surface area contributed by atoms with E-state index in [1.54, 1.807) is 0 Å². The van der Waals surface area contributed by atoms with E-state index in [1.807, 2.05) is 49.6 Å². The van der Waals surface area contributed by atoms with Crippen LogP contribution in [-0.4, -0.2) is 93.2 Å². The van der Waals surface area contributed by atoms with E-state index in [0.29, 0.717) is 105 Å². The van der Waals surface area contributed by atoms with Gasteiger partial charge in [0.2, 0.25) is 0 Å². The van der Waals surface area contributed by atoms with E-state index in [-0.39, 0.29) is 0 Å². The van der Waals surface area contributed by atoms with E-state index in [2.05, 4.69) is 201 Å². The molecule has 24 heteroatoms. The maximum Gasteiger partial charge on any atom is 0.131 e. The third kappa shape index (κ3) is 13.9. The molecule has 0 saturated carbocycles. The Kier molecular flexibility index (Phi) is 21.5. The Morgan fingerprint density at radius 1 is 0.158 bits per heavy atom. The summed E-state index contributed by atoms with van der Waals surface area (Å²) in [6.45, 7) is 20.8. The summed E-state index contributed by atoms with van der Waals surface area (Å²) in [4.78, 5) is 117. The second-order valence-electron chi connectivity index (χ2n) is 39.9. The van der Waals surface area contributed by atoms with Crippen molar-refractivity contribution in [3.8, 4) is 44.5 Å². The molecule has 0 radical (unpaired) electrons. The number of fused-ring (bicyclic) bond motifs is 28. The summed E-state index contributed by atoms with van der Waals surface area (Å²) in [7, 11) is 0. The molecule has 0 N–H and O–H groups in total. The van der Waals surface area contributed by atoms with E-state index in [4.69, 9.17) is 120 Å². The molecule has 0 fully saturated rings. The van der Waals surface area contributed by atoms with Crippen LogP contribution >= 0.6 is 0 Å². The first kappa shape index (κ1) is 88.7. The van der Waals surface area contributed by atoms with Gasteiger partial charge in [0.1, 0.15) is 96.2 Å². The monoisotopic (exact) mass is 1900 g/mol. The van der Waals surface area contributed by atoms with Crippen molar-refractivity contribution in [1.29, 1.82) is 0 Å². The molecule has 0 amide bonds. The molecule has 28 rings (SSSR count). The average molecular weight is 1910 g/mol. The fourth-order valence-corrected chi connectivity index (χ4v) is 25.2. The predicted molar refractivity (Wildman–Crippen MR) is 554 cm³/mol. The number of aryl methyl sites for hydroxylation is 8. The molecule has 4 aliphatic carbocycles. The third-order valence-corrected chi connectivity index (χ3v) is 32.1. The van der Waals surface area contributed by atoms with E-state index in [0.717, 1.165) is 227 Å². The first-order valence-corrected chi connectivity index (χ1v) is 51.8. The topological polar surface area (TPSA) is 301 Å². The second kappa shape index (κ2) is 35.4. The second-order valence-corrected chi connectivity index (χ2v) is 39.9. The van der Waals surface area contributed by atoms with E-state index >= 15 is 0 Å². The normalized spacial score (nSPS) is 15.0. The number of hydrogen-bond donors (Lipinski definition) is 0. The standard InChI is InChI=1S/2C61H52N12/c1-5-49-57-53(66-29-70-57)37(25-62-49)17-33-9-13-41-42-14-10-34(18-38-26-63-50(6-2)58-54(38)67-30-71-58)22-46(42)61(45(41)21-33)47-23-35(19-39-27-64-51(7-3)59-55(39)68-31-72-59)11-15-43(47)44-16-12-36(24-48(44)61)20-40-28-65-52(8-4)60-56(40)69-32-73-60;1-5-37-25-62-49(57-53(37)66-29-70-57)21-33-9-13-41-42-14-10-34(22-50-58-54(67-30-71-58)38(6-2)26-63-50)18-46(42)61(45(41)17-33)47-19-35(23-51-59-55(68-31-72-59)39(7-3)27-64-51)11-15-43(47)44-16-12-36(20-48(44)61)24-52-60-56(69-32-73-60)40(8-4)28-65-52/h9-16,21-28H,5-8,17-20,29-32H2,1-4H3;9-20,25-28H,5-8,21-24,29-32H2,1-4H3. The van der Waals surface area contributed by atoms with Gasteiger partial charge in [0, 0.05) is 123 Å². The van der Waals surface area contributed by atoms with Gasteiger partial charge in [0.05, 0.1) is 99.2 Å². The fraction of sp³-hybridized carbons (Fsp3) is 0.279. The molecule has 12 aliphatic rings. The molecular weight excluding hydrogens is 1800 g/mol. The summed E-state index contributed by atoms with van der Waals surface area (Å²) in [6, 6.07) is 57.1. The van der Waals surface area contributed by atoms with Crippen molar-refractivity contribution in [3.63, 3.8) is 0 Å². The molecule has 712 valence electrons. The summed E-state index contributed by atoms with van der Waals surface area (Å²) in [5, 5.41) is 15.4.